The van der Waals surface area contributed by atoms with Gasteiger partial charge in [0.2, 0.25) is 0 Å². The van der Waals surface area contributed by atoms with E-state index in [0.29, 0.717) is 31.8 Å². The smallest absolute Gasteiger partial charge is 0.293 e. The van der Waals surface area contributed by atoms with Crippen molar-refractivity contribution in [2.75, 3.05) is 0 Å². The molecule has 3 aromatic rings. The maximum Gasteiger partial charge on any atom is 0.293 e. The van der Waals surface area contributed by atoms with Crippen LogP contribution in [0, 0.1) is 11.6 Å². The Morgan fingerprint density at radius 2 is 1.72 bits per heavy atom. The topological polar surface area (TPSA) is 46.6 Å². The Balaban J connectivity index is 1.45. The number of amides is 2. The first kappa shape index (κ1) is 22.2. The third-order valence-electron chi connectivity index (χ3n) is 4.66. The van der Waals surface area contributed by atoms with Gasteiger partial charge < -0.3 is 4.74 Å². The van der Waals surface area contributed by atoms with E-state index in [1.54, 1.807) is 48.5 Å². The summed E-state index contributed by atoms with van der Waals surface area (Å²) < 4.78 is 32.8. The fourth-order valence-electron chi connectivity index (χ4n) is 3.07. The van der Waals surface area contributed by atoms with Crippen LogP contribution in [0.5, 0.6) is 5.75 Å². The fourth-order valence-corrected chi connectivity index (χ4v) is 4.42. The Hall–Kier alpha value is -2.97. The first-order valence-electron chi connectivity index (χ1n) is 9.55. The average Bonchev–Trinajstić information content (AvgIpc) is 3.02. The molecule has 1 aliphatic rings. The largest absolute Gasteiger partial charge is 0.488 e. The second-order valence-electron chi connectivity index (χ2n) is 7.00. The minimum absolute atomic E-state index is 0.0822. The molecular formula is C24H16BrF2NO3S. The lowest BCUT2D eigenvalue weighted by atomic mass is 10.2. The minimum Gasteiger partial charge on any atom is -0.488 e. The van der Waals surface area contributed by atoms with Gasteiger partial charge in [0.15, 0.2) is 0 Å². The number of nitrogens with zero attached hydrogens (tertiary/aromatic N) is 1. The Morgan fingerprint density at radius 3 is 2.44 bits per heavy atom. The van der Waals surface area contributed by atoms with Crippen molar-refractivity contribution < 1.29 is 23.1 Å². The molecule has 2 amide bonds. The zero-order valence-corrected chi connectivity index (χ0v) is 19.0. The molecule has 1 fully saturated rings. The van der Waals surface area contributed by atoms with Crippen molar-refractivity contribution in [1.82, 2.24) is 4.90 Å². The Kier molecular flexibility index (Phi) is 6.72. The quantitative estimate of drug-likeness (QED) is 0.349. The molecule has 0 aromatic heterocycles. The zero-order valence-electron chi connectivity index (χ0n) is 16.6. The SMILES string of the molecule is O=C1SC(=Cc2ccc(OCc3cccc(F)c3)c(Br)c2)C(=O)N1Cc1ccc(F)cc1. The minimum atomic E-state index is -0.396. The van der Waals surface area contributed by atoms with Gasteiger partial charge in [-0.15, -0.1) is 0 Å². The van der Waals surface area contributed by atoms with Crippen molar-refractivity contribution in [2.45, 2.75) is 13.2 Å². The summed E-state index contributed by atoms with van der Waals surface area (Å²) in [7, 11) is 0. The highest BCUT2D eigenvalue weighted by molar-refractivity contribution is 9.10. The second kappa shape index (κ2) is 9.67. The zero-order chi connectivity index (χ0) is 22.7. The lowest BCUT2D eigenvalue weighted by Gasteiger charge is -2.12. The molecule has 0 atom stereocenters. The third kappa shape index (κ3) is 5.26. The number of hydrogen-bond acceptors (Lipinski definition) is 4. The number of thioether (sulfide) groups is 1. The summed E-state index contributed by atoms with van der Waals surface area (Å²) in [5.74, 6) is -0.534. The summed E-state index contributed by atoms with van der Waals surface area (Å²) in [4.78, 5) is 26.5. The van der Waals surface area contributed by atoms with Gasteiger partial charge in [0.25, 0.3) is 11.1 Å². The second-order valence-corrected chi connectivity index (χ2v) is 8.85. The van der Waals surface area contributed by atoms with Crippen LogP contribution in [-0.4, -0.2) is 16.0 Å². The summed E-state index contributed by atoms with van der Waals surface area (Å²) in [5.41, 5.74) is 2.08. The molecule has 162 valence electrons. The maximum absolute atomic E-state index is 13.3. The summed E-state index contributed by atoms with van der Waals surface area (Å²) in [5, 5.41) is -0.375. The van der Waals surface area contributed by atoms with E-state index in [4.69, 9.17) is 4.74 Å². The summed E-state index contributed by atoms with van der Waals surface area (Å²) in [6.07, 6.45) is 1.64. The fraction of sp³-hybridized carbons (Fsp3) is 0.0833. The van der Waals surface area contributed by atoms with Gasteiger partial charge in [-0.1, -0.05) is 30.3 Å². The summed E-state index contributed by atoms with van der Waals surface area (Å²) in [6, 6.07) is 17.1. The van der Waals surface area contributed by atoms with Crippen molar-refractivity contribution in [2.24, 2.45) is 0 Å². The maximum atomic E-state index is 13.3. The Bertz CT molecular complexity index is 1210. The van der Waals surface area contributed by atoms with E-state index < -0.39 is 5.91 Å². The normalized spacial score (nSPS) is 15.0. The van der Waals surface area contributed by atoms with Crippen molar-refractivity contribution in [3.05, 3.63) is 104 Å². The lowest BCUT2D eigenvalue weighted by molar-refractivity contribution is -0.123. The van der Waals surface area contributed by atoms with Crippen LogP contribution >= 0.6 is 27.7 Å². The highest BCUT2D eigenvalue weighted by atomic mass is 79.9. The molecular weight excluding hydrogens is 500 g/mol. The Labute approximate surface area is 196 Å². The van der Waals surface area contributed by atoms with E-state index >= 15 is 0 Å². The monoisotopic (exact) mass is 515 g/mol. The predicted octanol–water partition coefficient (Wildman–Crippen LogP) is 6.54. The van der Waals surface area contributed by atoms with Gasteiger partial charge in [0, 0.05) is 0 Å². The molecule has 32 heavy (non-hydrogen) atoms. The molecule has 4 rings (SSSR count). The highest BCUT2D eigenvalue weighted by Crippen LogP contribution is 2.35. The molecule has 1 aliphatic heterocycles. The number of carbonyl (C=O) groups excluding carboxylic acids is 2. The predicted molar refractivity (Wildman–Crippen MR) is 123 cm³/mol. The highest BCUT2D eigenvalue weighted by Gasteiger charge is 2.35. The number of ether oxygens (including phenoxy) is 1. The van der Waals surface area contributed by atoms with E-state index in [9.17, 15) is 18.4 Å². The van der Waals surface area contributed by atoms with Gasteiger partial charge in [-0.2, -0.15) is 0 Å². The van der Waals surface area contributed by atoms with E-state index in [0.717, 1.165) is 16.7 Å². The number of rotatable bonds is 6. The van der Waals surface area contributed by atoms with Crippen molar-refractivity contribution in [1.29, 1.82) is 0 Å². The average molecular weight is 516 g/mol. The number of halogens is 3. The van der Waals surface area contributed by atoms with Gasteiger partial charge in [-0.05, 0) is 86.9 Å². The lowest BCUT2D eigenvalue weighted by Crippen LogP contribution is -2.27. The Morgan fingerprint density at radius 1 is 0.938 bits per heavy atom. The molecule has 4 nitrogen and oxygen atoms in total. The molecule has 1 heterocycles. The van der Waals surface area contributed by atoms with E-state index in [1.807, 2.05) is 0 Å². The molecule has 0 bridgehead atoms. The van der Waals surface area contributed by atoms with Crippen LogP contribution in [0.3, 0.4) is 0 Å². The van der Waals surface area contributed by atoms with Crippen LogP contribution in [-0.2, 0) is 17.9 Å². The summed E-state index contributed by atoms with van der Waals surface area (Å²) in [6.45, 7) is 0.289. The summed E-state index contributed by atoms with van der Waals surface area (Å²) >= 11 is 4.31. The van der Waals surface area contributed by atoms with E-state index in [-0.39, 0.29) is 30.0 Å². The van der Waals surface area contributed by atoms with E-state index in [1.165, 1.54) is 24.3 Å². The number of carbonyl (C=O) groups is 2. The molecule has 0 N–H and O–H groups in total. The van der Waals surface area contributed by atoms with Gasteiger partial charge in [0.1, 0.15) is 24.0 Å². The number of imide groups is 1. The standard InChI is InChI=1S/C24H16BrF2NO3S/c25-20-11-16(6-9-21(20)31-14-17-2-1-3-19(27)10-17)12-22-23(29)28(24(30)32-22)13-15-4-7-18(26)8-5-15/h1-12H,13-14H2. The van der Waals surface area contributed by atoms with Crippen LogP contribution < -0.4 is 4.74 Å². The van der Waals surface area contributed by atoms with Gasteiger partial charge >= 0.3 is 0 Å². The van der Waals surface area contributed by atoms with Crippen LogP contribution in [0.15, 0.2) is 76.1 Å². The first-order valence-corrected chi connectivity index (χ1v) is 11.2. The van der Waals surface area contributed by atoms with Crippen LogP contribution in [0.2, 0.25) is 0 Å². The van der Waals surface area contributed by atoms with Crippen molar-refractivity contribution in [3.8, 4) is 5.75 Å². The molecule has 1 saturated heterocycles. The van der Waals surface area contributed by atoms with Gasteiger partial charge in [0.05, 0.1) is 15.9 Å². The van der Waals surface area contributed by atoms with Crippen LogP contribution in [0.1, 0.15) is 16.7 Å². The third-order valence-corrected chi connectivity index (χ3v) is 6.19. The molecule has 0 spiro atoms. The number of hydrogen-bond donors (Lipinski definition) is 0. The van der Waals surface area contributed by atoms with Gasteiger partial charge in [-0.25, -0.2) is 8.78 Å². The van der Waals surface area contributed by atoms with Crippen LogP contribution in [0.25, 0.3) is 6.08 Å². The van der Waals surface area contributed by atoms with Crippen LogP contribution in [0.4, 0.5) is 13.6 Å². The molecule has 0 unspecified atom stereocenters. The van der Waals surface area contributed by atoms with Gasteiger partial charge in [-0.3, -0.25) is 14.5 Å². The van der Waals surface area contributed by atoms with Crippen molar-refractivity contribution >= 4 is 44.9 Å². The first-order chi connectivity index (χ1) is 15.4. The number of benzene rings is 3. The molecule has 0 aliphatic carbocycles. The molecule has 0 radical (unpaired) electrons. The van der Waals surface area contributed by atoms with E-state index in [2.05, 4.69) is 15.9 Å². The molecule has 3 aromatic carbocycles. The molecule has 8 heteroatoms. The van der Waals surface area contributed by atoms with Crippen molar-refractivity contribution in [3.63, 3.8) is 0 Å². The molecule has 0 saturated carbocycles.